The van der Waals surface area contributed by atoms with Gasteiger partial charge in [-0.3, -0.25) is 4.79 Å². The molecule has 3 atom stereocenters. The van der Waals surface area contributed by atoms with Gasteiger partial charge in [-0.25, -0.2) is 0 Å². The lowest BCUT2D eigenvalue weighted by Gasteiger charge is -2.36. The summed E-state index contributed by atoms with van der Waals surface area (Å²) in [6, 6.07) is 0.329. The van der Waals surface area contributed by atoms with Gasteiger partial charge in [0.25, 0.3) is 0 Å². The molecule has 0 bridgehead atoms. The van der Waals surface area contributed by atoms with E-state index >= 15 is 0 Å². The van der Waals surface area contributed by atoms with Crippen molar-refractivity contribution in [2.45, 2.75) is 65.0 Å². The second-order valence-corrected chi connectivity index (χ2v) is 5.33. The summed E-state index contributed by atoms with van der Waals surface area (Å²) in [5, 5.41) is 3.46. The van der Waals surface area contributed by atoms with Crippen LogP contribution in [0.25, 0.3) is 0 Å². The number of rotatable bonds is 5. The van der Waals surface area contributed by atoms with Gasteiger partial charge in [-0.05, 0) is 31.1 Å². The second-order valence-electron chi connectivity index (χ2n) is 5.33. The van der Waals surface area contributed by atoms with E-state index in [-0.39, 0.29) is 11.9 Å². The lowest BCUT2D eigenvalue weighted by molar-refractivity contribution is -0.120. The Bertz CT molecular complexity index is 228. The zero-order chi connectivity index (χ0) is 12.1. The maximum atomic E-state index is 11.2. The molecule has 0 aliphatic heterocycles. The lowest BCUT2D eigenvalue weighted by atomic mass is 9.77. The molecule has 3 unspecified atom stereocenters. The summed E-state index contributed by atoms with van der Waals surface area (Å²) in [6.45, 7) is 6.56. The third kappa shape index (κ3) is 3.48. The maximum Gasteiger partial charge on any atom is 0.234 e. The molecule has 1 rings (SSSR count). The number of primary amides is 1. The summed E-state index contributed by atoms with van der Waals surface area (Å²) in [6.07, 6.45) is 5.86. The van der Waals surface area contributed by atoms with Crippen molar-refractivity contribution in [3.63, 3.8) is 0 Å². The van der Waals surface area contributed by atoms with Gasteiger partial charge < -0.3 is 11.1 Å². The van der Waals surface area contributed by atoms with E-state index < -0.39 is 0 Å². The fraction of sp³-hybridized carbons (Fsp3) is 0.923. The molecule has 0 saturated heterocycles. The van der Waals surface area contributed by atoms with E-state index in [0.717, 1.165) is 6.42 Å². The molecule has 16 heavy (non-hydrogen) atoms. The van der Waals surface area contributed by atoms with Crippen LogP contribution in [0.15, 0.2) is 0 Å². The fourth-order valence-corrected chi connectivity index (χ4v) is 2.82. The molecule has 0 aromatic heterocycles. The summed E-state index contributed by atoms with van der Waals surface area (Å²) >= 11 is 0. The van der Waals surface area contributed by atoms with E-state index in [1.165, 1.54) is 25.7 Å². The largest absolute Gasteiger partial charge is 0.368 e. The number of nitrogens with one attached hydrogen (secondary N) is 1. The minimum absolute atomic E-state index is 0.149. The zero-order valence-electron chi connectivity index (χ0n) is 10.8. The molecule has 0 heterocycles. The highest BCUT2D eigenvalue weighted by molar-refractivity contribution is 5.79. The van der Waals surface area contributed by atoms with E-state index in [0.29, 0.717) is 17.9 Å². The Balaban J connectivity index is 2.58. The first-order valence-electron chi connectivity index (χ1n) is 6.61. The third-order valence-electron chi connectivity index (χ3n) is 3.84. The molecular weight excluding hydrogens is 200 g/mol. The van der Waals surface area contributed by atoms with Crippen molar-refractivity contribution in [2.75, 3.05) is 0 Å². The molecule has 1 fully saturated rings. The number of carbonyl (C=O) groups excluding carboxylic acids is 1. The van der Waals surface area contributed by atoms with Crippen LogP contribution in [0.3, 0.4) is 0 Å². The normalized spacial score (nSPS) is 28.0. The lowest BCUT2D eigenvalue weighted by Crippen LogP contribution is -2.50. The standard InChI is InChI=1S/C13H26N2O/c1-4-11(13(14)16)15-12-8-6-5-7-10(12)9(2)3/h9-12,15H,4-8H2,1-3H3,(H2,14,16). The predicted molar refractivity (Wildman–Crippen MR) is 67.0 cm³/mol. The van der Waals surface area contributed by atoms with Crippen LogP contribution in [0.2, 0.25) is 0 Å². The van der Waals surface area contributed by atoms with Gasteiger partial charge in [0.2, 0.25) is 5.91 Å². The monoisotopic (exact) mass is 226 g/mol. The molecular formula is C13H26N2O. The highest BCUT2D eigenvalue weighted by Gasteiger charge is 2.29. The van der Waals surface area contributed by atoms with E-state index in [4.69, 9.17) is 5.73 Å². The van der Waals surface area contributed by atoms with Gasteiger partial charge in [0, 0.05) is 6.04 Å². The summed E-state index contributed by atoms with van der Waals surface area (Å²) < 4.78 is 0. The van der Waals surface area contributed by atoms with Crippen LogP contribution >= 0.6 is 0 Å². The first-order valence-corrected chi connectivity index (χ1v) is 6.61. The van der Waals surface area contributed by atoms with Crippen LogP contribution in [-0.2, 0) is 4.79 Å². The van der Waals surface area contributed by atoms with Crippen LogP contribution < -0.4 is 11.1 Å². The minimum atomic E-state index is -0.212. The van der Waals surface area contributed by atoms with Crippen LogP contribution in [0.1, 0.15) is 52.9 Å². The molecule has 3 heteroatoms. The smallest absolute Gasteiger partial charge is 0.234 e. The molecule has 1 saturated carbocycles. The summed E-state index contributed by atoms with van der Waals surface area (Å²) in [4.78, 5) is 11.2. The quantitative estimate of drug-likeness (QED) is 0.754. The third-order valence-corrected chi connectivity index (χ3v) is 3.84. The molecule has 0 aromatic carbocycles. The summed E-state index contributed by atoms with van der Waals surface area (Å²) in [5.41, 5.74) is 5.38. The van der Waals surface area contributed by atoms with Crippen LogP contribution in [-0.4, -0.2) is 18.0 Å². The van der Waals surface area contributed by atoms with E-state index in [2.05, 4.69) is 19.2 Å². The molecule has 0 aromatic rings. The molecule has 1 amide bonds. The molecule has 1 aliphatic rings. The van der Waals surface area contributed by atoms with Crippen LogP contribution in [0.5, 0.6) is 0 Å². The van der Waals surface area contributed by atoms with Crippen LogP contribution in [0, 0.1) is 11.8 Å². The Hall–Kier alpha value is -0.570. The molecule has 94 valence electrons. The zero-order valence-corrected chi connectivity index (χ0v) is 10.8. The van der Waals surface area contributed by atoms with E-state index in [1.807, 2.05) is 6.92 Å². The van der Waals surface area contributed by atoms with Crippen molar-refractivity contribution in [1.82, 2.24) is 5.32 Å². The Morgan fingerprint density at radius 1 is 1.38 bits per heavy atom. The SMILES string of the molecule is CCC(NC1CCCCC1C(C)C)C(N)=O. The van der Waals surface area contributed by atoms with Gasteiger partial charge in [0.15, 0.2) is 0 Å². The number of hydrogen-bond acceptors (Lipinski definition) is 2. The molecule has 1 aliphatic carbocycles. The Kier molecular flexibility index (Phi) is 5.26. The Labute approximate surface area is 99.2 Å². The van der Waals surface area contributed by atoms with E-state index in [9.17, 15) is 4.79 Å². The maximum absolute atomic E-state index is 11.2. The summed E-state index contributed by atoms with van der Waals surface area (Å²) in [7, 11) is 0. The highest BCUT2D eigenvalue weighted by Crippen LogP contribution is 2.30. The van der Waals surface area contributed by atoms with Crippen molar-refractivity contribution in [3.8, 4) is 0 Å². The average molecular weight is 226 g/mol. The number of carbonyl (C=O) groups is 1. The first kappa shape index (κ1) is 13.5. The Morgan fingerprint density at radius 3 is 2.50 bits per heavy atom. The number of hydrogen-bond donors (Lipinski definition) is 2. The van der Waals surface area contributed by atoms with Crippen molar-refractivity contribution < 1.29 is 4.79 Å². The van der Waals surface area contributed by atoms with Crippen molar-refractivity contribution in [1.29, 1.82) is 0 Å². The predicted octanol–water partition coefficient (Wildman–Crippen LogP) is 2.05. The van der Waals surface area contributed by atoms with Gasteiger partial charge >= 0.3 is 0 Å². The van der Waals surface area contributed by atoms with Gasteiger partial charge in [0.1, 0.15) is 0 Å². The van der Waals surface area contributed by atoms with Gasteiger partial charge in [-0.2, -0.15) is 0 Å². The fourth-order valence-electron chi connectivity index (χ4n) is 2.82. The van der Waals surface area contributed by atoms with Gasteiger partial charge in [0.05, 0.1) is 6.04 Å². The molecule has 3 nitrogen and oxygen atoms in total. The van der Waals surface area contributed by atoms with E-state index in [1.54, 1.807) is 0 Å². The van der Waals surface area contributed by atoms with Gasteiger partial charge in [-0.15, -0.1) is 0 Å². The van der Waals surface area contributed by atoms with Crippen LogP contribution in [0.4, 0.5) is 0 Å². The van der Waals surface area contributed by atoms with Crippen molar-refractivity contribution in [2.24, 2.45) is 17.6 Å². The topological polar surface area (TPSA) is 55.1 Å². The molecule has 0 radical (unpaired) electrons. The summed E-state index contributed by atoms with van der Waals surface area (Å²) in [5.74, 6) is 1.17. The number of nitrogens with two attached hydrogens (primary N) is 1. The molecule has 3 N–H and O–H groups in total. The minimum Gasteiger partial charge on any atom is -0.368 e. The molecule has 0 spiro atoms. The first-order chi connectivity index (χ1) is 7.56. The van der Waals surface area contributed by atoms with Gasteiger partial charge in [-0.1, -0.05) is 33.6 Å². The second kappa shape index (κ2) is 6.24. The Morgan fingerprint density at radius 2 is 2.00 bits per heavy atom. The van der Waals surface area contributed by atoms with Crippen molar-refractivity contribution >= 4 is 5.91 Å². The number of amides is 1. The highest BCUT2D eigenvalue weighted by atomic mass is 16.1. The average Bonchev–Trinajstić information content (AvgIpc) is 2.25. The van der Waals surface area contributed by atoms with Crippen molar-refractivity contribution in [3.05, 3.63) is 0 Å².